The molecule has 0 radical (unpaired) electrons. The summed E-state index contributed by atoms with van der Waals surface area (Å²) in [6, 6.07) is 17.7. The first-order valence-corrected chi connectivity index (χ1v) is 8.17. The van der Waals surface area contributed by atoms with E-state index in [2.05, 4.69) is 36.4 Å². The van der Waals surface area contributed by atoms with Crippen LogP contribution in [0, 0.1) is 19.3 Å². The smallest absolute Gasteiger partial charge is 0.466 e. The van der Waals surface area contributed by atoms with Crippen LogP contribution in [0.2, 0.25) is 0 Å². The molecule has 0 atom stereocenters. The minimum absolute atomic E-state index is 0. The van der Waals surface area contributed by atoms with Gasteiger partial charge in [0.15, 0.2) is 0 Å². The number of aromatic nitrogens is 4. The predicted octanol–water partition coefficient (Wildman–Crippen LogP) is 3.77. The SMILES string of the molecule is Cc1cc(Cn2[c-]ccc2)nc(Cn2[c-]ccc2)c1.[Pt+2].c1ccncc1. The third kappa shape index (κ3) is 6.45. The van der Waals surface area contributed by atoms with Gasteiger partial charge in [-0.1, -0.05) is 6.07 Å². The van der Waals surface area contributed by atoms with Gasteiger partial charge in [0.1, 0.15) is 0 Å². The van der Waals surface area contributed by atoms with Gasteiger partial charge in [-0.2, -0.15) is 24.3 Å². The zero-order valence-electron chi connectivity index (χ0n) is 14.5. The number of aryl methyl sites for hydroxylation is 1. The molecule has 4 aromatic heterocycles. The molecule has 0 N–H and O–H groups in total. The second kappa shape index (κ2) is 10.5. The minimum Gasteiger partial charge on any atom is -0.466 e. The van der Waals surface area contributed by atoms with Gasteiger partial charge in [0.2, 0.25) is 0 Å². The number of rotatable bonds is 4. The van der Waals surface area contributed by atoms with Crippen molar-refractivity contribution in [3.05, 3.63) is 109 Å². The molecular formula is C21H20N4Pt. The summed E-state index contributed by atoms with van der Waals surface area (Å²) in [7, 11) is 0. The summed E-state index contributed by atoms with van der Waals surface area (Å²) in [5.41, 5.74) is 3.36. The van der Waals surface area contributed by atoms with Crippen LogP contribution < -0.4 is 0 Å². The topological polar surface area (TPSA) is 35.6 Å². The van der Waals surface area contributed by atoms with Gasteiger partial charge in [0, 0.05) is 25.5 Å². The van der Waals surface area contributed by atoms with E-state index in [1.165, 1.54) is 5.56 Å². The fraction of sp³-hybridized carbons (Fsp3) is 0.143. The third-order valence-corrected chi connectivity index (χ3v) is 3.51. The molecule has 134 valence electrons. The second-order valence-corrected chi connectivity index (χ2v) is 5.68. The first-order chi connectivity index (χ1) is 12.3. The molecule has 4 heterocycles. The standard InChI is InChI=1S/C16H15N3.C5H5N.Pt/c1-14-10-15(12-18-6-2-3-7-18)17-16(11-14)13-19-8-4-5-9-19;1-2-4-6-5-3-1;/h2-6,8,10-11H,12-13H2,1H3;1-5H;/q-2;;+2. The van der Waals surface area contributed by atoms with Crippen LogP contribution in [0.3, 0.4) is 0 Å². The summed E-state index contributed by atoms with van der Waals surface area (Å²) in [6.45, 7) is 3.63. The van der Waals surface area contributed by atoms with Gasteiger partial charge in [0.05, 0.1) is 11.4 Å². The summed E-state index contributed by atoms with van der Waals surface area (Å²) in [5, 5.41) is 0. The summed E-state index contributed by atoms with van der Waals surface area (Å²) >= 11 is 0. The molecule has 0 saturated heterocycles. The Hall–Kier alpha value is -2.45. The zero-order chi connectivity index (χ0) is 17.3. The monoisotopic (exact) mass is 523 g/mol. The van der Waals surface area contributed by atoms with E-state index in [4.69, 9.17) is 4.98 Å². The maximum atomic E-state index is 4.70. The van der Waals surface area contributed by atoms with Crippen molar-refractivity contribution in [1.82, 2.24) is 19.1 Å². The van der Waals surface area contributed by atoms with Gasteiger partial charge in [0.25, 0.3) is 0 Å². The third-order valence-electron chi connectivity index (χ3n) is 3.51. The van der Waals surface area contributed by atoms with Crippen molar-refractivity contribution in [2.45, 2.75) is 20.0 Å². The summed E-state index contributed by atoms with van der Waals surface area (Å²) in [4.78, 5) is 8.49. The largest absolute Gasteiger partial charge is 2.00 e. The quantitative estimate of drug-likeness (QED) is 0.382. The molecule has 26 heavy (non-hydrogen) atoms. The van der Waals surface area contributed by atoms with Crippen LogP contribution in [0.5, 0.6) is 0 Å². The van der Waals surface area contributed by atoms with E-state index in [0.717, 1.165) is 24.5 Å². The molecule has 5 heteroatoms. The number of pyridine rings is 2. The molecule has 0 bridgehead atoms. The zero-order valence-corrected chi connectivity index (χ0v) is 16.8. The van der Waals surface area contributed by atoms with Crippen molar-refractivity contribution in [2.75, 3.05) is 0 Å². The van der Waals surface area contributed by atoms with Crippen molar-refractivity contribution in [1.29, 1.82) is 0 Å². The Morgan fingerprint density at radius 2 is 1.35 bits per heavy atom. The Kier molecular flexibility index (Phi) is 8.04. The predicted molar refractivity (Wildman–Crippen MR) is 98.0 cm³/mol. The van der Waals surface area contributed by atoms with E-state index in [-0.39, 0.29) is 21.1 Å². The van der Waals surface area contributed by atoms with Crippen molar-refractivity contribution in [3.63, 3.8) is 0 Å². The van der Waals surface area contributed by atoms with Crippen LogP contribution in [0.25, 0.3) is 0 Å². The molecule has 0 saturated carbocycles. The van der Waals surface area contributed by atoms with Gasteiger partial charge >= 0.3 is 21.1 Å². The Labute approximate surface area is 168 Å². The van der Waals surface area contributed by atoms with Crippen LogP contribution in [0.4, 0.5) is 0 Å². The Balaban J connectivity index is 0.000000297. The molecule has 0 unspecified atom stereocenters. The van der Waals surface area contributed by atoms with Gasteiger partial charge in [-0.15, -0.1) is 24.8 Å². The second-order valence-electron chi connectivity index (χ2n) is 5.68. The normalized spacial score (nSPS) is 9.73. The molecule has 0 amide bonds. The maximum Gasteiger partial charge on any atom is 2.00 e. The fourth-order valence-corrected chi connectivity index (χ4v) is 2.49. The number of hydrogen-bond acceptors (Lipinski definition) is 2. The van der Waals surface area contributed by atoms with Crippen molar-refractivity contribution >= 4 is 0 Å². The maximum absolute atomic E-state index is 4.70. The molecule has 4 nitrogen and oxygen atoms in total. The van der Waals surface area contributed by atoms with E-state index in [0.29, 0.717) is 0 Å². The van der Waals surface area contributed by atoms with Gasteiger partial charge in [-0.25, -0.2) is 0 Å². The van der Waals surface area contributed by atoms with E-state index < -0.39 is 0 Å². The molecule has 0 aliphatic heterocycles. The molecule has 0 spiro atoms. The van der Waals surface area contributed by atoms with Crippen molar-refractivity contribution in [3.8, 4) is 0 Å². The molecule has 0 fully saturated rings. The number of hydrogen-bond donors (Lipinski definition) is 0. The van der Waals surface area contributed by atoms with Crippen LogP contribution >= 0.6 is 0 Å². The fourth-order valence-electron chi connectivity index (χ4n) is 2.49. The van der Waals surface area contributed by atoms with E-state index in [1.54, 1.807) is 12.4 Å². The van der Waals surface area contributed by atoms with Gasteiger partial charge in [-0.3, -0.25) is 9.97 Å². The van der Waals surface area contributed by atoms with Crippen LogP contribution in [-0.2, 0) is 34.2 Å². The average molecular weight is 523 g/mol. The van der Waals surface area contributed by atoms with Crippen molar-refractivity contribution in [2.24, 2.45) is 0 Å². The first-order valence-electron chi connectivity index (χ1n) is 8.17. The van der Waals surface area contributed by atoms with Gasteiger partial charge < -0.3 is 9.13 Å². The van der Waals surface area contributed by atoms with Crippen LogP contribution in [-0.4, -0.2) is 19.1 Å². The summed E-state index contributed by atoms with van der Waals surface area (Å²) in [5.74, 6) is 0. The summed E-state index contributed by atoms with van der Waals surface area (Å²) in [6.07, 6.45) is 13.8. The molecule has 0 aliphatic rings. The Morgan fingerprint density at radius 3 is 1.69 bits per heavy atom. The summed E-state index contributed by atoms with van der Waals surface area (Å²) < 4.78 is 4.01. The van der Waals surface area contributed by atoms with E-state index >= 15 is 0 Å². The van der Waals surface area contributed by atoms with Gasteiger partial charge in [-0.05, 0) is 36.8 Å². The van der Waals surface area contributed by atoms with Crippen molar-refractivity contribution < 1.29 is 21.1 Å². The molecule has 0 aliphatic carbocycles. The number of nitrogens with zero attached hydrogens (tertiary/aromatic N) is 4. The molecule has 4 aromatic rings. The van der Waals surface area contributed by atoms with E-state index in [1.807, 2.05) is 64.0 Å². The van der Waals surface area contributed by atoms with E-state index in [9.17, 15) is 0 Å². The van der Waals surface area contributed by atoms with Crippen LogP contribution in [0.15, 0.2) is 79.4 Å². The molecule has 4 rings (SSSR count). The average Bonchev–Trinajstić information content (AvgIpc) is 3.31. The Bertz CT molecular complexity index is 775. The molecule has 0 aromatic carbocycles. The van der Waals surface area contributed by atoms with Crippen LogP contribution in [0.1, 0.15) is 17.0 Å². The molecular weight excluding hydrogens is 503 g/mol. The first kappa shape index (κ1) is 19.9. The Morgan fingerprint density at radius 1 is 0.808 bits per heavy atom. The minimum atomic E-state index is 0.